The zero-order valence-corrected chi connectivity index (χ0v) is 19.0. The highest BCUT2D eigenvalue weighted by atomic mass is 19.1. The Hall–Kier alpha value is -2.33. The van der Waals surface area contributed by atoms with Gasteiger partial charge in [0.2, 0.25) is 5.89 Å². The van der Waals surface area contributed by atoms with Crippen LogP contribution in [0.1, 0.15) is 35.8 Å². The number of amides is 1. The number of benzene rings is 1. The van der Waals surface area contributed by atoms with Crippen molar-refractivity contribution in [2.24, 2.45) is 5.92 Å². The number of aliphatic hydroxyl groups excluding tert-OH is 1. The fourth-order valence-electron chi connectivity index (χ4n) is 3.52. The van der Waals surface area contributed by atoms with Crippen LogP contribution in [0, 0.1) is 18.7 Å². The van der Waals surface area contributed by atoms with Gasteiger partial charge in [0.25, 0.3) is 5.91 Å². The quantitative estimate of drug-likeness (QED) is 0.577. The molecule has 1 aliphatic rings. The van der Waals surface area contributed by atoms with E-state index in [4.69, 9.17) is 9.15 Å². The van der Waals surface area contributed by atoms with Gasteiger partial charge in [-0.1, -0.05) is 19.9 Å². The van der Waals surface area contributed by atoms with Gasteiger partial charge in [0.1, 0.15) is 12.1 Å². The Balaban J connectivity index is 1.42. The van der Waals surface area contributed by atoms with Crippen LogP contribution in [0.2, 0.25) is 0 Å². The van der Waals surface area contributed by atoms with Gasteiger partial charge in [-0.15, -0.1) is 0 Å². The summed E-state index contributed by atoms with van der Waals surface area (Å²) in [5, 5.41) is 12.7. The number of nitrogens with zero attached hydrogens (tertiary/aromatic N) is 3. The summed E-state index contributed by atoms with van der Waals surface area (Å²) in [7, 11) is 0. The maximum Gasteiger partial charge on any atom is 0.277 e. The van der Waals surface area contributed by atoms with Gasteiger partial charge in [-0.25, -0.2) is 9.37 Å². The van der Waals surface area contributed by atoms with Crippen molar-refractivity contribution in [2.45, 2.75) is 33.4 Å². The highest BCUT2D eigenvalue weighted by Gasteiger charge is 2.22. The number of carbonyl (C=O) groups is 1. The van der Waals surface area contributed by atoms with E-state index in [-0.39, 0.29) is 11.4 Å². The smallest absolute Gasteiger partial charge is 0.277 e. The van der Waals surface area contributed by atoms with E-state index >= 15 is 0 Å². The lowest BCUT2D eigenvalue weighted by Crippen LogP contribution is -2.48. The molecule has 0 aliphatic carbocycles. The van der Waals surface area contributed by atoms with E-state index in [0.29, 0.717) is 38.1 Å². The summed E-state index contributed by atoms with van der Waals surface area (Å²) in [6, 6.07) is 4.53. The number of aromatic nitrogens is 1. The molecule has 1 atom stereocenters. The Bertz CT molecular complexity index is 881. The van der Waals surface area contributed by atoms with E-state index in [1.165, 1.54) is 12.3 Å². The first-order valence-electron chi connectivity index (χ1n) is 11.0. The molecular formula is C23H33FN4O4. The first-order valence-corrected chi connectivity index (χ1v) is 11.0. The maximum absolute atomic E-state index is 13.9. The molecule has 2 aromatic rings. The van der Waals surface area contributed by atoms with Gasteiger partial charge < -0.3 is 19.6 Å². The minimum Gasteiger partial charge on any atom is -0.447 e. The summed E-state index contributed by atoms with van der Waals surface area (Å²) in [5.74, 6) is -0.114. The van der Waals surface area contributed by atoms with Crippen LogP contribution < -0.4 is 5.32 Å². The van der Waals surface area contributed by atoms with Crippen LogP contribution in [0.3, 0.4) is 0 Å². The molecule has 3 rings (SSSR count). The molecule has 2 N–H and O–H groups in total. The van der Waals surface area contributed by atoms with E-state index in [1.807, 2.05) is 6.92 Å². The predicted molar refractivity (Wildman–Crippen MR) is 119 cm³/mol. The molecule has 8 nitrogen and oxygen atoms in total. The molecule has 2 heterocycles. The van der Waals surface area contributed by atoms with Gasteiger partial charge in [-0.05, 0) is 30.5 Å². The molecule has 1 aromatic heterocycles. The number of carbonyl (C=O) groups excluding carboxylic acids is 1. The minimum atomic E-state index is -0.511. The largest absolute Gasteiger partial charge is 0.447 e. The molecule has 0 spiro atoms. The number of β-amino-alcohol motifs (C(OH)–C–C–N with tert-alkyl or cyclic N) is 1. The summed E-state index contributed by atoms with van der Waals surface area (Å²) in [5.41, 5.74) is 1.08. The number of hydrogen-bond acceptors (Lipinski definition) is 7. The van der Waals surface area contributed by atoms with Crippen LogP contribution in [0.5, 0.6) is 0 Å². The number of nitrogens with one attached hydrogen (secondary N) is 1. The molecule has 0 unspecified atom stereocenters. The zero-order chi connectivity index (χ0) is 23.1. The predicted octanol–water partition coefficient (Wildman–Crippen LogP) is 2.53. The molecular weight excluding hydrogens is 415 g/mol. The second kappa shape index (κ2) is 11.5. The highest BCUT2D eigenvalue weighted by molar-refractivity contribution is 6.02. The second-order valence-corrected chi connectivity index (χ2v) is 8.73. The Morgan fingerprint density at radius 2 is 1.97 bits per heavy atom. The Morgan fingerprint density at radius 3 is 2.69 bits per heavy atom. The number of halogens is 1. The fraction of sp³-hybridized carbons (Fsp3) is 0.565. The van der Waals surface area contributed by atoms with Crippen molar-refractivity contribution < 1.29 is 23.4 Å². The molecule has 1 aliphatic heterocycles. The fourth-order valence-corrected chi connectivity index (χ4v) is 3.52. The standard InChI is InChI=1S/C23H33FN4O4/c1-16(2)13-31-14-18(29)11-27-6-8-28(9-7-27)12-22-25-21(15-32-22)23(30)26-20-10-17(3)4-5-19(20)24/h4-5,10,15-16,18,29H,6-9,11-14H2,1-3H3,(H,26,30)/t18-/m0/s1. The molecule has 176 valence electrons. The number of ether oxygens (including phenoxy) is 1. The lowest BCUT2D eigenvalue weighted by molar-refractivity contribution is -0.000850. The Labute approximate surface area is 188 Å². The maximum atomic E-state index is 13.9. The van der Waals surface area contributed by atoms with Crippen LogP contribution in [0.25, 0.3) is 0 Å². The normalized spacial score (nSPS) is 16.4. The summed E-state index contributed by atoms with van der Waals surface area (Å²) in [6.07, 6.45) is 0.800. The van der Waals surface area contributed by atoms with Gasteiger partial charge in [0, 0.05) is 39.3 Å². The third kappa shape index (κ3) is 7.37. The lowest BCUT2D eigenvalue weighted by Gasteiger charge is -2.34. The van der Waals surface area contributed by atoms with Crippen molar-refractivity contribution in [3.63, 3.8) is 0 Å². The monoisotopic (exact) mass is 448 g/mol. The van der Waals surface area contributed by atoms with Gasteiger partial charge in [0.05, 0.1) is 24.9 Å². The minimum absolute atomic E-state index is 0.115. The van der Waals surface area contributed by atoms with Gasteiger partial charge in [0.15, 0.2) is 5.69 Å². The molecule has 1 amide bonds. The lowest BCUT2D eigenvalue weighted by atomic mass is 10.2. The van der Waals surface area contributed by atoms with Crippen LogP contribution in [-0.4, -0.2) is 77.8 Å². The van der Waals surface area contributed by atoms with Crippen LogP contribution in [0.15, 0.2) is 28.9 Å². The van der Waals surface area contributed by atoms with Crippen molar-refractivity contribution in [3.05, 3.63) is 47.4 Å². The number of hydrogen-bond donors (Lipinski definition) is 2. The van der Waals surface area contributed by atoms with Crippen molar-refractivity contribution >= 4 is 11.6 Å². The molecule has 1 fully saturated rings. The van der Waals surface area contributed by atoms with E-state index in [2.05, 4.69) is 33.9 Å². The Morgan fingerprint density at radius 1 is 1.25 bits per heavy atom. The molecule has 1 aromatic carbocycles. The summed E-state index contributed by atoms with van der Waals surface area (Å²) < 4.78 is 24.8. The van der Waals surface area contributed by atoms with E-state index in [9.17, 15) is 14.3 Å². The SMILES string of the molecule is Cc1ccc(F)c(NC(=O)c2coc(CN3CCN(C[C@H](O)COCC(C)C)CC3)n2)c1. The van der Waals surface area contributed by atoms with Gasteiger partial charge in [-0.3, -0.25) is 14.6 Å². The number of rotatable bonds is 10. The zero-order valence-electron chi connectivity index (χ0n) is 19.0. The summed E-state index contributed by atoms with van der Waals surface area (Å²) in [4.78, 5) is 21.0. The molecule has 0 radical (unpaired) electrons. The molecule has 32 heavy (non-hydrogen) atoms. The summed E-state index contributed by atoms with van der Waals surface area (Å²) >= 11 is 0. The van der Waals surface area contributed by atoms with Gasteiger partial charge >= 0.3 is 0 Å². The van der Waals surface area contributed by atoms with E-state index < -0.39 is 17.8 Å². The third-order valence-electron chi connectivity index (χ3n) is 5.21. The van der Waals surface area contributed by atoms with E-state index in [0.717, 1.165) is 31.7 Å². The topological polar surface area (TPSA) is 91.1 Å². The summed E-state index contributed by atoms with van der Waals surface area (Å²) in [6.45, 7) is 11.3. The van der Waals surface area contributed by atoms with Crippen LogP contribution in [-0.2, 0) is 11.3 Å². The molecule has 0 saturated carbocycles. The second-order valence-electron chi connectivity index (χ2n) is 8.73. The van der Waals surface area contributed by atoms with Crippen molar-refractivity contribution in [1.29, 1.82) is 0 Å². The highest BCUT2D eigenvalue weighted by Crippen LogP contribution is 2.17. The number of anilines is 1. The van der Waals surface area contributed by atoms with E-state index in [1.54, 1.807) is 12.1 Å². The van der Waals surface area contributed by atoms with Gasteiger partial charge in [-0.2, -0.15) is 0 Å². The number of oxazole rings is 1. The molecule has 1 saturated heterocycles. The number of piperazine rings is 1. The Kier molecular flexibility index (Phi) is 8.75. The van der Waals surface area contributed by atoms with Crippen molar-refractivity contribution in [1.82, 2.24) is 14.8 Å². The molecule has 0 bridgehead atoms. The number of aryl methyl sites for hydroxylation is 1. The average molecular weight is 449 g/mol. The first kappa shape index (κ1) is 24.3. The first-order chi connectivity index (χ1) is 15.3. The van der Waals surface area contributed by atoms with Crippen molar-refractivity contribution in [2.75, 3.05) is 51.3 Å². The van der Waals surface area contributed by atoms with Crippen LogP contribution in [0.4, 0.5) is 10.1 Å². The van der Waals surface area contributed by atoms with Crippen LogP contribution >= 0.6 is 0 Å². The number of aliphatic hydroxyl groups is 1. The average Bonchev–Trinajstić information content (AvgIpc) is 3.20. The molecule has 9 heteroatoms. The van der Waals surface area contributed by atoms with Crippen molar-refractivity contribution in [3.8, 4) is 0 Å². The third-order valence-corrected chi connectivity index (χ3v) is 5.21.